The van der Waals surface area contributed by atoms with E-state index in [-0.39, 0.29) is 6.10 Å². The fraction of sp³-hybridized carbons (Fsp3) is 0.286. The van der Waals surface area contributed by atoms with Gasteiger partial charge in [0, 0.05) is 30.7 Å². The number of rotatable bonds is 3. The zero-order valence-corrected chi connectivity index (χ0v) is 10.0. The number of nitrogens with zero attached hydrogens (tertiary/aromatic N) is 2. The van der Waals surface area contributed by atoms with Crippen LogP contribution in [-0.2, 0) is 0 Å². The zero-order valence-electron chi connectivity index (χ0n) is 10.0. The number of ether oxygens (including phenoxy) is 1. The SMILES string of the molecule is c1cnc(OC2CCNC2)c(-c2ccncc2)c1. The Hall–Kier alpha value is -1.94. The maximum Gasteiger partial charge on any atom is 0.221 e. The summed E-state index contributed by atoms with van der Waals surface area (Å²) in [6.07, 6.45) is 6.59. The molecule has 1 N–H and O–H groups in total. The summed E-state index contributed by atoms with van der Waals surface area (Å²) in [5.41, 5.74) is 2.10. The molecule has 3 heterocycles. The molecule has 92 valence electrons. The van der Waals surface area contributed by atoms with Crippen molar-refractivity contribution in [3.05, 3.63) is 42.9 Å². The quantitative estimate of drug-likeness (QED) is 0.891. The standard InChI is InChI=1S/C14H15N3O/c1-2-13(11-3-7-15-8-4-11)14(17-6-1)18-12-5-9-16-10-12/h1-4,6-8,12,16H,5,9-10H2. The van der Waals surface area contributed by atoms with E-state index < -0.39 is 0 Å². The van der Waals surface area contributed by atoms with E-state index in [0.29, 0.717) is 5.88 Å². The number of hydrogen-bond acceptors (Lipinski definition) is 4. The zero-order chi connectivity index (χ0) is 12.2. The van der Waals surface area contributed by atoms with Crippen molar-refractivity contribution in [3.8, 4) is 17.0 Å². The van der Waals surface area contributed by atoms with Crippen molar-refractivity contribution in [1.82, 2.24) is 15.3 Å². The number of pyridine rings is 2. The molecule has 2 aromatic heterocycles. The molecule has 1 fully saturated rings. The molecule has 4 heteroatoms. The Labute approximate surface area is 106 Å². The maximum atomic E-state index is 5.97. The molecule has 0 amide bonds. The Morgan fingerprint density at radius 3 is 2.83 bits per heavy atom. The van der Waals surface area contributed by atoms with E-state index in [1.807, 2.05) is 24.3 Å². The Morgan fingerprint density at radius 2 is 2.06 bits per heavy atom. The van der Waals surface area contributed by atoms with Gasteiger partial charge in [0.05, 0.1) is 0 Å². The molecule has 3 rings (SSSR count). The van der Waals surface area contributed by atoms with Crippen LogP contribution >= 0.6 is 0 Å². The van der Waals surface area contributed by atoms with Gasteiger partial charge in [-0.15, -0.1) is 0 Å². The Balaban J connectivity index is 1.90. The summed E-state index contributed by atoms with van der Waals surface area (Å²) in [6, 6.07) is 7.89. The lowest BCUT2D eigenvalue weighted by molar-refractivity contribution is 0.215. The van der Waals surface area contributed by atoms with Gasteiger partial charge in [0.25, 0.3) is 0 Å². The van der Waals surface area contributed by atoms with Crippen LogP contribution < -0.4 is 10.1 Å². The highest BCUT2D eigenvalue weighted by molar-refractivity contribution is 5.67. The second-order valence-corrected chi connectivity index (χ2v) is 4.32. The highest BCUT2D eigenvalue weighted by Gasteiger charge is 2.18. The predicted molar refractivity (Wildman–Crippen MR) is 69.4 cm³/mol. The van der Waals surface area contributed by atoms with Gasteiger partial charge in [0.1, 0.15) is 6.10 Å². The van der Waals surface area contributed by atoms with Gasteiger partial charge in [-0.05, 0) is 42.8 Å². The first-order valence-electron chi connectivity index (χ1n) is 6.16. The average molecular weight is 241 g/mol. The van der Waals surface area contributed by atoms with E-state index in [0.717, 1.165) is 30.6 Å². The first-order valence-corrected chi connectivity index (χ1v) is 6.16. The van der Waals surface area contributed by atoms with Crippen LogP contribution in [0.3, 0.4) is 0 Å². The molecule has 2 aromatic rings. The van der Waals surface area contributed by atoms with Gasteiger partial charge in [0.15, 0.2) is 0 Å². The lowest BCUT2D eigenvalue weighted by Crippen LogP contribution is -2.20. The molecular formula is C14H15N3O. The van der Waals surface area contributed by atoms with Gasteiger partial charge in [0.2, 0.25) is 5.88 Å². The molecule has 0 bridgehead atoms. The molecule has 1 atom stereocenters. The third-order valence-corrected chi connectivity index (χ3v) is 3.06. The number of hydrogen-bond donors (Lipinski definition) is 1. The minimum Gasteiger partial charge on any atom is -0.473 e. The molecule has 1 unspecified atom stereocenters. The van der Waals surface area contributed by atoms with Crippen molar-refractivity contribution in [2.24, 2.45) is 0 Å². The fourth-order valence-corrected chi connectivity index (χ4v) is 2.12. The largest absolute Gasteiger partial charge is 0.473 e. The van der Waals surface area contributed by atoms with Crippen molar-refractivity contribution in [2.45, 2.75) is 12.5 Å². The molecule has 1 saturated heterocycles. The van der Waals surface area contributed by atoms with Crippen molar-refractivity contribution < 1.29 is 4.74 Å². The highest BCUT2D eigenvalue weighted by atomic mass is 16.5. The van der Waals surface area contributed by atoms with Gasteiger partial charge in [-0.1, -0.05) is 0 Å². The van der Waals surface area contributed by atoms with Gasteiger partial charge in [-0.25, -0.2) is 4.98 Å². The van der Waals surface area contributed by atoms with E-state index in [1.165, 1.54) is 0 Å². The van der Waals surface area contributed by atoms with Crippen molar-refractivity contribution in [2.75, 3.05) is 13.1 Å². The summed E-state index contributed by atoms with van der Waals surface area (Å²) in [5, 5.41) is 3.29. The molecule has 0 aliphatic carbocycles. The normalized spacial score (nSPS) is 18.8. The summed E-state index contributed by atoms with van der Waals surface area (Å²) >= 11 is 0. The van der Waals surface area contributed by atoms with Crippen LogP contribution in [0.2, 0.25) is 0 Å². The van der Waals surface area contributed by atoms with Gasteiger partial charge < -0.3 is 10.1 Å². The number of aromatic nitrogens is 2. The van der Waals surface area contributed by atoms with Crippen LogP contribution in [-0.4, -0.2) is 29.2 Å². The second kappa shape index (κ2) is 5.14. The summed E-state index contributed by atoms with van der Waals surface area (Å²) in [5.74, 6) is 0.706. The molecular weight excluding hydrogens is 226 g/mol. The minimum absolute atomic E-state index is 0.223. The van der Waals surface area contributed by atoms with Gasteiger partial charge >= 0.3 is 0 Å². The molecule has 1 aliphatic heterocycles. The molecule has 0 spiro atoms. The Kier molecular flexibility index (Phi) is 3.19. The molecule has 1 aliphatic rings. The first kappa shape index (κ1) is 11.2. The molecule has 0 aromatic carbocycles. The van der Waals surface area contributed by atoms with Gasteiger partial charge in [-0.2, -0.15) is 0 Å². The van der Waals surface area contributed by atoms with E-state index in [1.54, 1.807) is 18.6 Å². The van der Waals surface area contributed by atoms with Gasteiger partial charge in [-0.3, -0.25) is 4.98 Å². The van der Waals surface area contributed by atoms with Crippen LogP contribution in [0.15, 0.2) is 42.9 Å². The third-order valence-electron chi connectivity index (χ3n) is 3.06. The monoisotopic (exact) mass is 241 g/mol. The molecule has 18 heavy (non-hydrogen) atoms. The smallest absolute Gasteiger partial charge is 0.221 e. The number of nitrogens with one attached hydrogen (secondary N) is 1. The summed E-state index contributed by atoms with van der Waals surface area (Å²) in [4.78, 5) is 8.38. The summed E-state index contributed by atoms with van der Waals surface area (Å²) in [7, 11) is 0. The minimum atomic E-state index is 0.223. The van der Waals surface area contributed by atoms with Crippen LogP contribution in [0.4, 0.5) is 0 Å². The van der Waals surface area contributed by atoms with Crippen LogP contribution in [0.25, 0.3) is 11.1 Å². The highest BCUT2D eigenvalue weighted by Crippen LogP contribution is 2.28. The molecule has 4 nitrogen and oxygen atoms in total. The van der Waals surface area contributed by atoms with Crippen LogP contribution in [0.1, 0.15) is 6.42 Å². The van der Waals surface area contributed by atoms with Crippen LogP contribution in [0, 0.1) is 0 Å². The lowest BCUT2D eigenvalue weighted by atomic mass is 10.1. The van der Waals surface area contributed by atoms with E-state index in [2.05, 4.69) is 15.3 Å². The van der Waals surface area contributed by atoms with E-state index in [9.17, 15) is 0 Å². The topological polar surface area (TPSA) is 47.0 Å². The van der Waals surface area contributed by atoms with E-state index >= 15 is 0 Å². The van der Waals surface area contributed by atoms with Crippen molar-refractivity contribution in [1.29, 1.82) is 0 Å². The first-order chi connectivity index (χ1) is 8.93. The van der Waals surface area contributed by atoms with Crippen LogP contribution in [0.5, 0.6) is 5.88 Å². The Bertz CT molecular complexity index is 509. The second-order valence-electron chi connectivity index (χ2n) is 4.32. The fourth-order valence-electron chi connectivity index (χ4n) is 2.12. The maximum absolute atomic E-state index is 5.97. The summed E-state index contributed by atoms with van der Waals surface area (Å²) < 4.78 is 5.97. The van der Waals surface area contributed by atoms with Crippen molar-refractivity contribution >= 4 is 0 Å². The third kappa shape index (κ3) is 2.33. The lowest BCUT2D eigenvalue weighted by Gasteiger charge is -2.14. The molecule has 0 saturated carbocycles. The van der Waals surface area contributed by atoms with Crippen molar-refractivity contribution in [3.63, 3.8) is 0 Å². The summed E-state index contributed by atoms with van der Waals surface area (Å²) in [6.45, 7) is 1.91. The average Bonchev–Trinajstić information content (AvgIpc) is 2.93. The van der Waals surface area contributed by atoms with E-state index in [4.69, 9.17) is 4.74 Å². The predicted octanol–water partition coefficient (Wildman–Crippen LogP) is 1.88. The Morgan fingerprint density at radius 1 is 1.17 bits per heavy atom. The molecule has 0 radical (unpaired) electrons.